The molecule has 1 aromatic heterocycles. The average molecular weight is 256 g/mol. The number of aromatic carboxylic acids is 1. The minimum Gasteiger partial charge on any atom is -0.476 e. The molecule has 1 amide bonds. The zero-order valence-corrected chi connectivity index (χ0v) is 10.5. The lowest BCUT2D eigenvalue weighted by Gasteiger charge is -2.02. The maximum Gasteiger partial charge on any atom is 0.355 e. The molecule has 0 aliphatic carbocycles. The number of carboxylic acids is 1. The Labute approximate surface area is 104 Å². The summed E-state index contributed by atoms with van der Waals surface area (Å²) < 4.78 is 0. The Morgan fingerprint density at radius 1 is 1.53 bits per heavy atom. The molecule has 5 nitrogen and oxygen atoms in total. The molecule has 0 radical (unpaired) electrons. The molecular weight excluding hydrogens is 240 g/mol. The fourth-order valence-corrected chi connectivity index (χ4v) is 2.03. The Bertz CT molecular complexity index is 390. The van der Waals surface area contributed by atoms with Gasteiger partial charge in [0.2, 0.25) is 5.91 Å². The van der Waals surface area contributed by atoms with Gasteiger partial charge in [0.25, 0.3) is 0 Å². The summed E-state index contributed by atoms with van der Waals surface area (Å²) >= 11 is 1.30. The molecule has 0 bridgehead atoms. The summed E-state index contributed by atoms with van der Waals surface area (Å²) in [5, 5.41) is 13.7. The highest BCUT2D eigenvalue weighted by Gasteiger charge is 2.08. The van der Waals surface area contributed by atoms with Gasteiger partial charge in [-0.2, -0.15) is 0 Å². The van der Waals surface area contributed by atoms with E-state index in [1.54, 1.807) is 0 Å². The first-order valence-electron chi connectivity index (χ1n) is 5.58. The van der Waals surface area contributed by atoms with Gasteiger partial charge >= 0.3 is 5.97 Å². The fourth-order valence-electron chi connectivity index (χ4n) is 1.26. The number of unbranched alkanes of at least 4 members (excludes halogenated alkanes) is 1. The zero-order chi connectivity index (χ0) is 12.7. The van der Waals surface area contributed by atoms with Crippen molar-refractivity contribution < 1.29 is 14.7 Å². The van der Waals surface area contributed by atoms with Crippen LogP contribution in [0.15, 0.2) is 5.38 Å². The normalized spacial score (nSPS) is 10.2. The second-order valence-electron chi connectivity index (χ2n) is 3.64. The predicted octanol–water partition coefficient (Wildman–Crippen LogP) is 1.69. The summed E-state index contributed by atoms with van der Waals surface area (Å²) in [5.41, 5.74) is 0.0716. The first-order valence-corrected chi connectivity index (χ1v) is 6.45. The number of carboxylic acid groups (broad SMARTS) is 1. The molecule has 1 rings (SSSR count). The number of nitrogens with zero attached hydrogens (tertiary/aromatic N) is 1. The van der Waals surface area contributed by atoms with Crippen molar-refractivity contribution in [3.05, 3.63) is 16.1 Å². The van der Waals surface area contributed by atoms with Crippen molar-refractivity contribution in [3.63, 3.8) is 0 Å². The Kier molecular flexibility index (Phi) is 5.62. The highest BCUT2D eigenvalue weighted by atomic mass is 32.1. The number of thiazole rings is 1. The second kappa shape index (κ2) is 7.01. The van der Waals surface area contributed by atoms with Crippen LogP contribution in [-0.2, 0) is 11.2 Å². The van der Waals surface area contributed by atoms with Crippen LogP contribution in [0.3, 0.4) is 0 Å². The van der Waals surface area contributed by atoms with E-state index < -0.39 is 5.97 Å². The predicted molar refractivity (Wildman–Crippen MR) is 65.3 cm³/mol. The van der Waals surface area contributed by atoms with E-state index in [-0.39, 0.29) is 11.6 Å². The molecule has 0 spiro atoms. The van der Waals surface area contributed by atoms with Gasteiger partial charge in [-0.25, -0.2) is 9.78 Å². The maximum atomic E-state index is 11.3. The molecule has 0 atom stereocenters. The van der Waals surface area contributed by atoms with Gasteiger partial charge in [-0.05, 0) is 6.42 Å². The summed E-state index contributed by atoms with van der Waals surface area (Å²) in [6.45, 7) is 2.55. The third-order valence-corrected chi connectivity index (χ3v) is 3.10. The Morgan fingerprint density at radius 2 is 2.29 bits per heavy atom. The van der Waals surface area contributed by atoms with E-state index in [4.69, 9.17) is 5.11 Å². The first-order chi connectivity index (χ1) is 8.13. The second-order valence-corrected chi connectivity index (χ2v) is 4.58. The lowest BCUT2D eigenvalue weighted by atomic mass is 10.2. The van der Waals surface area contributed by atoms with Crippen molar-refractivity contribution in [1.29, 1.82) is 0 Å². The van der Waals surface area contributed by atoms with Crippen molar-refractivity contribution in [2.24, 2.45) is 0 Å². The molecule has 0 fully saturated rings. The maximum absolute atomic E-state index is 11.3. The summed E-state index contributed by atoms with van der Waals surface area (Å²) in [4.78, 5) is 25.8. The topological polar surface area (TPSA) is 79.3 Å². The van der Waals surface area contributed by atoms with Gasteiger partial charge in [0, 0.05) is 24.8 Å². The van der Waals surface area contributed by atoms with Gasteiger partial charge in [-0.3, -0.25) is 4.79 Å². The van der Waals surface area contributed by atoms with E-state index in [1.807, 2.05) is 6.92 Å². The number of carbonyl (C=O) groups excluding carboxylic acids is 1. The first kappa shape index (κ1) is 13.6. The number of aromatic nitrogens is 1. The number of hydrogen-bond acceptors (Lipinski definition) is 4. The van der Waals surface area contributed by atoms with E-state index in [9.17, 15) is 9.59 Å². The average Bonchev–Trinajstić information content (AvgIpc) is 2.75. The fraction of sp³-hybridized carbons (Fsp3) is 0.545. The zero-order valence-electron chi connectivity index (χ0n) is 9.73. The molecular formula is C11H16N2O3S. The molecule has 0 aromatic carbocycles. The SMILES string of the molecule is CCCCC(=O)NCCc1nc(C(=O)O)cs1. The lowest BCUT2D eigenvalue weighted by molar-refractivity contribution is -0.121. The lowest BCUT2D eigenvalue weighted by Crippen LogP contribution is -2.25. The van der Waals surface area contributed by atoms with Crippen LogP contribution in [0, 0.1) is 0 Å². The van der Waals surface area contributed by atoms with E-state index in [0.717, 1.165) is 17.8 Å². The van der Waals surface area contributed by atoms with Crippen LogP contribution >= 0.6 is 11.3 Å². The molecule has 1 aromatic rings. The Hall–Kier alpha value is -1.43. The largest absolute Gasteiger partial charge is 0.476 e. The van der Waals surface area contributed by atoms with E-state index >= 15 is 0 Å². The monoisotopic (exact) mass is 256 g/mol. The van der Waals surface area contributed by atoms with Crippen molar-refractivity contribution in [3.8, 4) is 0 Å². The number of hydrogen-bond donors (Lipinski definition) is 2. The van der Waals surface area contributed by atoms with E-state index in [1.165, 1.54) is 16.7 Å². The molecule has 0 aliphatic rings. The smallest absolute Gasteiger partial charge is 0.355 e. The van der Waals surface area contributed by atoms with E-state index in [2.05, 4.69) is 10.3 Å². The Balaban J connectivity index is 2.26. The van der Waals surface area contributed by atoms with Crippen LogP contribution in [0.25, 0.3) is 0 Å². The van der Waals surface area contributed by atoms with Gasteiger partial charge in [-0.1, -0.05) is 13.3 Å². The van der Waals surface area contributed by atoms with Crippen LogP contribution in [0.1, 0.15) is 41.7 Å². The molecule has 0 aliphatic heterocycles. The van der Waals surface area contributed by atoms with Crippen molar-refractivity contribution in [2.45, 2.75) is 32.6 Å². The summed E-state index contributed by atoms with van der Waals surface area (Å²) in [5.74, 6) is -0.971. The van der Waals surface area contributed by atoms with Crippen molar-refractivity contribution >= 4 is 23.2 Å². The number of nitrogens with one attached hydrogen (secondary N) is 1. The van der Waals surface area contributed by atoms with E-state index in [0.29, 0.717) is 19.4 Å². The van der Waals surface area contributed by atoms with Gasteiger partial charge < -0.3 is 10.4 Å². The van der Waals surface area contributed by atoms with Crippen molar-refractivity contribution in [1.82, 2.24) is 10.3 Å². The molecule has 1 heterocycles. The summed E-state index contributed by atoms with van der Waals surface area (Å²) in [7, 11) is 0. The van der Waals surface area contributed by atoms with Gasteiger partial charge in [0.15, 0.2) is 5.69 Å². The molecule has 0 saturated carbocycles. The molecule has 6 heteroatoms. The summed E-state index contributed by atoms with van der Waals surface area (Å²) in [6, 6.07) is 0. The molecule has 17 heavy (non-hydrogen) atoms. The third-order valence-electron chi connectivity index (χ3n) is 2.19. The standard InChI is InChI=1S/C11H16N2O3S/c1-2-3-4-9(14)12-6-5-10-13-8(7-17-10)11(15)16/h7H,2-6H2,1H3,(H,12,14)(H,15,16). The highest BCUT2D eigenvalue weighted by molar-refractivity contribution is 7.09. The quantitative estimate of drug-likeness (QED) is 0.778. The minimum atomic E-state index is -1.01. The van der Waals surface area contributed by atoms with Gasteiger partial charge in [-0.15, -0.1) is 11.3 Å². The van der Waals surface area contributed by atoms with Crippen molar-refractivity contribution in [2.75, 3.05) is 6.54 Å². The highest BCUT2D eigenvalue weighted by Crippen LogP contribution is 2.09. The van der Waals surface area contributed by atoms with Crippen LogP contribution in [-0.4, -0.2) is 28.5 Å². The number of carbonyl (C=O) groups is 2. The van der Waals surface area contributed by atoms with Crippen LogP contribution in [0.5, 0.6) is 0 Å². The van der Waals surface area contributed by atoms with Crippen LogP contribution in [0.4, 0.5) is 0 Å². The molecule has 2 N–H and O–H groups in total. The van der Waals surface area contributed by atoms with Crippen LogP contribution < -0.4 is 5.32 Å². The minimum absolute atomic E-state index is 0.0434. The molecule has 94 valence electrons. The molecule has 0 unspecified atom stereocenters. The third kappa shape index (κ3) is 4.95. The van der Waals surface area contributed by atoms with Gasteiger partial charge in [0.1, 0.15) is 0 Å². The summed E-state index contributed by atoms with van der Waals surface area (Å²) in [6.07, 6.45) is 3.03. The molecule has 0 saturated heterocycles. The number of rotatable bonds is 7. The Morgan fingerprint density at radius 3 is 2.88 bits per heavy atom. The number of amides is 1. The van der Waals surface area contributed by atoms with Gasteiger partial charge in [0.05, 0.1) is 5.01 Å². The van der Waals surface area contributed by atoms with Crippen LogP contribution in [0.2, 0.25) is 0 Å².